The van der Waals surface area contributed by atoms with Crippen LogP contribution in [-0.2, 0) is 33.3 Å². The van der Waals surface area contributed by atoms with E-state index >= 15 is 0 Å². The van der Waals surface area contributed by atoms with E-state index in [4.69, 9.17) is 18.9 Å². The zero-order chi connectivity index (χ0) is 42.5. The van der Waals surface area contributed by atoms with E-state index in [9.17, 15) is 34.8 Å². The molecule has 0 spiro atoms. The lowest BCUT2D eigenvalue weighted by Crippen LogP contribution is -2.60. The van der Waals surface area contributed by atoms with Crippen molar-refractivity contribution < 1.29 is 53.8 Å². The van der Waals surface area contributed by atoms with Gasteiger partial charge in [-0.1, -0.05) is 154 Å². The number of rotatable bonds is 39. The van der Waals surface area contributed by atoms with Gasteiger partial charge in [-0.05, 0) is 64.2 Å². The molecule has 338 valence electrons. The third-order valence-electron chi connectivity index (χ3n) is 10.8. The molecule has 6 atom stereocenters. The lowest BCUT2D eigenvalue weighted by atomic mass is 9.99. The maximum atomic E-state index is 12.8. The maximum Gasteiger partial charge on any atom is 0.335 e. The van der Waals surface area contributed by atoms with Gasteiger partial charge in [-0.15, -0.1) is 0 Å². The predicted molar refractivity (Wildman–Crippen MR) is 229 cm³/mol. The Balaban J connectivity index is 2.36. The second-order valence-electron chi connectivity index (χ2n) is 16.2. The van der Waals surface area contributed by atoms with Crippen molar-refractivity contribution in [1.82, 2.24) is 0 Å². The summed E-state index contributed by atoms with van der Waals surface area (Å²) in [4.78, 5) is 36.8. The highest BCUT2D eigenvalue weighted by atomic mass is 16.7. The van der Waals surface area contributed by atoms with Crippen LogP contribution in [0.25, 0.3) is 0 Å². The van der Waals surface area contributed by atoms with Crippen LogP contribution in [0.5, 0.6) is 0 Å². The molecule has 58 heavy (non-hydrogen) atoms. The molecule has 1 fully saturated rings. The lowest BCUT2D eigenvalue weighted by Gasteiger charge is -2.38. The Bertz CT molecular complexity index is 1060. The highest BCUT2D eigenvalue weighted by Crippen LogP contribution is 2.23. The molecule has 0 aromatic heterocycles. The van der Waals surface area contributed by atoms with Gasteiger partial charge in [-0.2, -0.15) is 0 Å². The smallest absolute Gasteiger partial charge is 0.335 e. The number of carboxylic acids is 1. The van der Waals surface area contributed by atoms with Crippen LogP contribution in [0.4, 0.5) is 0 Å². The molecule has 0 saturated carbocycles. The number of carboxylic acid groups (broad SMARTS) is 1. The second kappa shape index (κ2) is 37.7. The summed E-state index contributed by atoms with van der Waals surface area (Å²) in [5.41, 5.74) is 0. The second-order valence-corrected chi connectivity index (χ2v) is 16.2. The topological polar surface area (TPSA) is 169 Å². The molecular formula is C47H84O11. The fraction of sp³-hybridized carbons (Fsp3) is 0.851. The molecule has 0 aliphatic carbocycles. The molecule has 0 aromatic carbocycles. The van der Waals surface area contributed by atoms with Crippen molar-refractivity contribution in [3.8, 4) is 0 Å². The summed E-state index contributed by atoms with van der Waals surface area (Å²) in [7, 11) is 0. The first kappa shape index (κ1) is 53.7. The molecule has 0 bridgehead atoms. The minimum absolute atomic E-state index is 0.173. The summed E-state index contributed by atoms with van der Waals surface area (Å²) in [6.45, 7) is 3.80. The number of allylic oxidation sites excluding steroid dienone is 4. The number of carbonyl (C=O) groups is 3. The Hall–Kier alpha value is -2.31. The van der Waals surface area contributed by atoms with E-state index in [1.807, 2.05) is 0 Å². The van der Waals surface area contributed by atoms with Crippen LogP contribution < -0.4 is 0 Å². The number of unbranched alkanes of at least 4 members (excludes halogenated alkanes) is 24. The molecule has 6 unspecified atom stereocenters. The Morgan fingerprint density at radius 1 is 0.517 bits per heavy atom. The number of ether oxygens (including phenoxy) is 4. The van der Waals surface area contributed by atoms with E-state index in [1.165, 1.54) is 89.9 Å². The van der Waals surface area contributed by atoms with Crippen LogP contribution in [0.3, 0.4) is 0 Å². The van der Waals surface area contributed by atoms with Crippen molar-refractivity contribution in [2.45, 2.75) is 243 Å². The van der Waals surface area contributed by atoms with Gasteiger partial charge in [0.2, 0.25) is 0 Å². The van der Waals surface area contributed by atoms with Gasteiger partial charge in [-0.25, -0.2) is 4.79 Å². The predicted octanol–water partition coefficient (Wildman–Crippen LogP) is 10.2. The molecule has 0 aromatic rings. The summed E-state index contributed by atoms with van der Waals surface area (Å²) in [6, 6.07) is 0. The van der Waals surface area contributed by atoms with Gasteiger partial charge in [0.1, 0.15) is 24.9 Å². The molecule has 1 heterocycles. The number of aliphatic hydroxyl groups excluding tert-OH is 3. The summed E-state index contributed by atoms with van der Waals surface area (Å²) in [5.74, 6) is -2.46. The largest absolute Gasteiger partial charge is 0.479 e. The zero-order valence-electron chi connectivity index (χ0n) is 36.5. The van der Waals surface area contributed by atoms with Gasteiger partial charge in [0.15, 0.2) is 18.5 Å². The Morgan fingerprint density at radius 3 is 1.34 bits per heavy atom. The van der Waals surface area contributed by atoms with Crippen molar-refractivity contribution in [2.24, 2.45) is 0 Å². The molecule has 4 N–H and O–H groups in total. The molecule has 1 saturated heterocycles. The van der Waals surface area contributed by atoms with E-state index in [1.54, 1.807) is 0 Å². The number of aliphatic carboxylic acids is 1. The van der Waals surface area contributed by atoms with E-state index in [-0.39, 0.29) is 19.4 Å². The average molecular weight is 825 g/mol. The molecule has 0 amide bonds. The lowest BCUT2D eigenvalue weighted by molar-refractivity contribution is -0.298. The summed E-state index contributed by atoms with van der Waals surface area (Å²) >= 11 is 0. The molecule has 1 rings (SSSR count). The minimum atomic E-state index is -1.86. The molecule has 0 radical (unpaired) electrons. The first-order valence-corrected chi connectivity index (χ1v) is 23.4. The van der Waals surface area contributed by atoms with Crippen LogP contribution in [0.15, 0.2) is 24.3 Å². The highest BCUT2D eigenvalue weighted by molar-refractivity contribution is 5.73. The van der Waals surface area contributed by atoms with Gasteiger partial charge in [0.05, 0.1) is 6.61 Å². The van der Waals surface area contributed by atoms with Gasteiger partial charge >= 0.3 is 17.9 Å². The fourth-order valence-electron chi connectivity index (χ4n) is 7.04. The van der Waals surface area contributed by atoms with Crippen LogP contribution >= 0.6 is 0 Å². The number of hydrogen-bond acceptors (Lipinski definition) is 10. The standard InChI is InChI=1S/C47H84O11/c1-3-5-7-9-11-13-15-17-19-21-23-25-27-29-31-33-35-40(48)55-37-39(38-56-47-44(52)42(50)43(51)45(58-47)46(53)54)57-41(49)36-34-32-30-28-26-24-22-20-18-16-14-12-10-8-6-4-2/h19-22,39,42-45,47,50-52H,3-18,23-38H2,1-2H3,(H,53,54)/b21-19-,22-20-. The third kappa shape index (κ3) is 29.0. The highest BCUT2D eigenvalue weighted by Gasteiger charge is 2.47. The third-order valence-corrected chi connectivity index (χ3v) is 10.8. The van der Waals surface area contributed by atoms with Crippen molar-refractivity contribution in [3.05, 3.63) is 24.3 Å². The van der Waals surface area contributed by atoms with E-state index < -0.39 is 61.3 Å². The SMILES string of the molecule is CCCCCCCCC/C=C\CCCCCCCC(=O)OCC(COC1OC(C(=O)O)C(O)C(O)C1O)OC(=O)CCCCCCC/C=C\CCCCCCCCC. The van der Waals surface area contributed by atoms with Crippen LogP contribution in [0.1, 0.15) is 206 Å². The molecule has 11 heteroatoms. The summed E-state index contributed by atoms with van der Waals surface area (Å²) in [6.07, 6.45) is 32.2. The quantitative estimate of drug-likeness (QED) is 0.0264. The summed E-state index contributed by atoms with van der Waals surface area (Å²) < 4.78 is 21.7. The van der Waals surface area contributed by atoms with Gasteiger partial charge in [-0.3, -0.25) is 9.59 Å². The maximum absolute atomic E-state index is 12.8. The number of aliphatic hydroxyl groups is 3. The van der Waals surface area contributed by atoms with Crippen LogP contribution in [0.2, 0.25) is 0 Å². The van der Waals surface area contributed by atoms with Crippen molar-refractivity contribution in [3.63, 3.8) is 0 Å². The summed E-state index contributed by atoms with van der Waals surface area (Å²) in [5, 5.41) is 39.8. The Kier molecular flexibility index (Phi) is 34.9. The number of hydrogen-bond donors (Lipinski definition) is 4. The monoisotopic (exact) mass is 825 g/mol. The molecule has 11 nitrogen and oxygen atoms in total. The number of carbonyl (C=O) groups excluding carboxylic acids is 2. The Labute approximate surface area is 351 Å². The fourth-order valence-corrected chi connectivity index (χ4v) is 7.04. The average Bonchev–Trinajstić information content (AvgIpc) is 3.21. The van der Waals surface area contributed by atoms with Gasteiger partial charge in [0, 0.05) is 12.8 Å². The first-order chi connectivity index (χ1) is 28.2. The van der Waals surface area contributed by atoms with E-state index in [0.717, 1.165) is 77.0 Å². The van der Waals surface area contributed by atoms with Crippen molar-refractivity contribution >= 4 is 17.9 Å². The normalized spacial score (nSPS) is 20.2. The van der Waals surface area contributed by atoms with E-state index in [0.29, 0.717) is 12.8 Å². The van der Waals surface area contributed by atoms with Crippen molar-refractivity contribution in [2.75, 3.05) is 13.2 Å². The van der Waals surface area contributed by atoms with Crippen LogP contribution in [-0.4, -0.2) is 88.4 Å². The first-order valence-electron chi connectivity index (χ1n) is 23.4. The van der Waals surface area contributed by atoms with E-state index in [2.05, 4.69) is 38.2 Å². The zero-order valence-corrected chi connectivity index (χ0v) is 36.5. The molecule has 1 aliphatic rings. The number of esters is 2. The minimum Gasteiger partial charge on any atom is -0.479 e. The van der Waals surface area contributed by atoms with Gasteiger partial charge < -0.3 is 39.4 Å². The van der Waals surface area contributed by atoms with Crippen LogP contribution in [0, 0.1) is 0 Å². The van der Waals surface area contributed by atoms with Crippen molar-refractivity contribution in [1.29, 1.82) is 0 Å². The molecular weight excluding hydrogens is 741 g/mol. The Morgan fingerprint density at radius 2 is 0.914 bits per heavy atom. The molecule has 1 aliphatic heterocycles. The van der Waals surface area contributed by atoms with Gasteiger partial charge in [0.25, 0.3) is 0 Å².